The summed E-state index contributed by atoms with van der Waals surface area (Å²) in [6.07, 6.45) is 0. The summed E-state index contributed by atoms with van der Waals surface area (Å²) in [5.74, 6) is 0. The van der Waals surface area contributed by atoms with Gasteiger partial charge in [0.15, 0.2) is 0 Å². The molecule has 0 aliphatic carbocycles. The largest absolute Gasteiger partial charge is 0 e. The molecule has 5 heteroatoms. The Morgan fingerprint density at radius 1 is 1.20 bits per heavy atom. The molecule has 0 aromatic carbocycles. The Bertz CT molecular complexity index is 9.61. The van der Waals surface area contributed by atoms with E-state index in [0.29, 0.717) is 0 Å². The molecule has 0 rings (SSSR count). The minimum absolute atomic E-state index is 0. The second kappa shape index (κ2) is 16.3. The van der Waals surface area contributed by atoms with Crippen molar-refractivity contribution in [2.75, 3.05) is 0 Å². The molecule has 0 N–H and O–H groups in total. The summed E-state index contributed by atoms with van der Waals surface area (Å²) < 4.78 is 0. The zero-order valence-electron chi connectivity index (χ0n) is 2.17. The van der Waals surface area contributed by atoms with Gasteiger partial charge in [0, 0.05) is 34.4 Å². The third-order valence-corrected chi connectivity index (χ3v) is 0. The van der Waals surface area contributed by atoms with Crippen LogP contribution in [0.15, 0.2) is 0 Å². The monoisotopic (exact) mass is 249 g/mol. The van der Waals surface area contributed by atoms with Crippen molar-refractivity contribution in [1.82, 2.24) is 0 Å². The molecular formula is Cl2CrCuZn. The van der Waals surface area contributed by atoms with E-state index in [2.05, 4.69) is 0 Å². The number of hydrogen-bond acceptors (Lipinski definition) is 0. The molecule has 1 radical (unpaired) electrons. The third-order valence-electron chi connectivity index (χ3n) is 0. The molecule has 0 nitrogen and oxygen atoms in total. The maximum absolute atomic E-state index is 4.95. The van der Waals surface area contributed by atoms with Crippen LogP contribution >= 0.6 is 19.4 Å². The first kappa shape index (κ1) is 15.7. The second-order valence-electron chi connectivity index (χ2n) is 0.101. The Morgan fingerprint density at radius 3 is 1.20 bits per heavy atom. The van der Waals surface area contributed by atoms with Gasteiger partial charge in [0.2, 0.25) is 0 Å². The molecule has 0 aromatic rings. The van der Waals surface area contributed by atoms with Gasteiger partial charge >= 0.3 is 34.5 Å². The second-order valence-corrected chi connectivity index (χ2v) is 4.72. The average molecular weight is 252 g/mol. The molecular weight excluding hydrogens is 252 g/mol. The maximum Gasteiger partial charge on any atom is 0 e. The summed E-state index contributed by atoms with van der Waals surface area (Å²) in [6.45, 7) is 0. The molecule has 0 aliphatic heterocycles. The van der Waals surface area contributed by atoms with Crippen LogP contribution in [0.5, 0.6) is 0 Å². The summed E-state index contributed by atoms with van der Waals surface area (Å²) in [5.41, 5.74) is 0. The van der Waals surface area contributed by atoms with E-state index in [4.69, 9.17) is 19.4 Å². The van der Waals surface area contributed by atoms with Crippen molar-refractivity contribution in [3.63, 3.8) is 0 Å². The van der Waals surface area contributed by atoms with Crippen molar-refractivity contribution >= 4 is 19.4 Å². The van der Waals surface area contributed by atoms with Crippen molar-refractivity contribution in [2.45, 2.75) is 0 Å². The van der Waals surface area contributed by atoms with E-state index in [1.54, 1.807) is 0 Å². The Balaban J connectivity index is -0.0000000200. The smallest absolute Gasteiger partial charge is 0 e. The number of halogens is 2. The fraction of sp³-hybridized carbons (Fsp3) is 0. The predicted molar refractivity (Wildman–Crippen MR) is 11.7 cm³/mol. The van der Waals surface area contributed by atoms with Crippen molar-refractivity contribution in [3.8, 4) is 0 Å². The van der Waals surface area contributed by atoms with E-state index in [-0.39, 0.29) is 34.4 Å². The van der Waals surface area contributed by atoms with Gasteiger partial charge in [0.05, 0.1) is 0 Å². The fourth-order valence-electron chi connectivity index (χ4n) is 0. The first-order chi connectivity index (χ1) is 1.41. The number of rotatable bonds is 0. The van der Waals surface area contributed by atoms with E-state index in [9.17, 15) is 0 Å². The van der Waals surface area contributed by atoms with Gasteiger partial charge in [-0.3, -0.25) is 0 Å². The van der Waals surface area contributed by atoms with E-state index in [1.807, 2.05) is 0 Å². The molecule has 5 heavy (non-hydrogen) atoms. The van der Waals surface area contributed by atoms with Crippen molar-refractivity contribution in [3.05, 3.63) is 0 Å². The van der Waals surface area contributed by atoms with Crippen LogP contribution in [0.2, 0.25) is 0 Å². The zero-order chi connectivity index (χ0) is 2.71. The third kappa shape index (κ3) is 22.3. The molecule has 0 amide bonds. The SMILES string of the molecule is [Cl][Zn][Cl].[Cr].[Cu]. The van der Waals surface area contributed by atoms with Crippen molar-refractivity contribution in [2.24, 2.45) is 0 Å². The van der Waals surface area contributed by atoms with Crippen molar-refractivity contribution in [1.29, 1.82) is 0 Å². The van der Waals surface area contributed by atoms with Crippen LogP contribution in [0.25, 0.3) is 0 Å². The van der Waals surface area contributed by atoms with Gasteiger partial charge in [0.1, 0.15) is 0 Å². The van der Waals surface area contributed by atoms with Crippen LogP contribution in [-0.4, -0.2) is 0 Å². The fourth-order valence-corrected chi connectivity index (χ4v) is 0. The molecule has 0 saturated carbocycles. The summed E-state index contributed by atoms with van der Waals surface area (Å²) in [4.78, 5) is 0. The number of hydrogen-bond donors (Lipinski definition) is 0. The van der Waals surface area contributed by atoms with Gasteiger partial charge in [0.25, 0.3) is 0 Å². The zero-order valence-corrected chi connectivity index (χ0v) is 8.87. The summed E-state index contributed by atoms with van der Waals surface area (Å²) in [5, 5.41) is 0. The molecule has 33 valence electrons. The van der Waals surface area contributed by atoms with Crippen LogP contribution in [0.1, 0.15) is 0 Å². The minimum atomic E-state index is -0.931. The van der Waals surface area contributed by atoms with Gasteiger partial charge in [-0.2, -0.15) is 0 Å². The van der Waals surface area contributed by atoms with Crippen LogP contribution < -0.4 is 0 Å². The van der Waals surface area contributed by atoms with Gasteiger partial charge in [-0.25, -0.2) is 0 Å². The first-order valence-corrected chi connectivity index (χ1v) is 8.33. The van der Waals surface area contributed by atoms with Gasteiger partial charge in [-0.05, 0) is 0 Å². The molecule has 0 bridgehead atoms. The normalized spacial score (nSPS) is 2.00. The van der Waals surface area contributed by atoms with E-state index < -0.39 is 15.1 Å². The Hall–Kier alpha value is 2.26. The Morgan fingerprint density at radius 2 is 1.20 bits per heavy atom. The predicted octanol–water partition coefficient (Wildman–Crippen LogP) is 1.37. The molecule has 0 spiro atoms. The molecule has 0 aromatic heterocycles. The van der Waals surface area contributed by atoms with Crippen LogP contribution in [0.3, 0.4) is 0 Å². The summed E-state index contributed by atoms with van der Waals surface area (Å²) in [6, 6.07) is 0. The Labute approximate surface area is 68.3 Å². The standard InChI is InChI=1S/2ClH.Cr.Cu.Zn/h2*1H;;;/q;;;;+2/p-2. The van der Waals surface area contributed by atoms with E-state index in [0.717, 1.165) is 0 Å². The summed E-state index contributed by atoms with van der Waals surface area (Å²) in [7, 11) is 9.90. The topological polar surface area (TPSA) is 0 Å². The molecule has 0 atom stereocenters. The molecule has 0 saturated heterocycles. The van der Waals surface area contributed by atoms with E-state index in [1.165, 1.54) is 0 Å². The van der Waals surface area contributed by atoms with Crippen LogP contribution in [0, 0.1) is 0 Å². The van der Waals surface area contributed by atoms with Gasteiger partial charge in [-0.15, -0.1) is 0 Å². The van der Waals surface area contributed by atoms with Crippen molar-refractivity contribution < 1.29 is 49.6 Å². The van der Waals surface area contributed by atoms with Crippen LogP contribution in [0.4, 0.5) is 0 Å². The molecule has 0 fully saturated rings. The van der Waals surface area contributed by atoms with Crippen LogP contribution in [-0.2, 0) is 49.6 Å². The van der Waals surface area contributed by atoms with E-state index >= 15 is 0 Å². The average Bonchev–Trinajstić information content (AvgIpc) is 0.918. The first-order valence-electron chi connectivity index (χ1n) is 0.535. The molecule has 0 unspecified atom stereocenters. The summed E-state index contributed by atoms with van der Waals surface area (Å²) >= 11 is -0.931. The minimum Gasteiger partial charge on any atom is 0 e. The quantitative estimate of drug-likeness (QED) is 0.571. The maximum atomic E-state index is 4.95. The molecule has 0 aliphatic rings. The van der Waals surface area contributed by atoms with Gasteiger partial charge < -0.3 is 0 Å². The van der Waals surface area contributed by atoms with Gasteiger partial charge in [-0.1, -0.05) is 0 Å². The molecule has 0 heterocycles. The Kier molecular flexibility index (Phi) is 51.1.